The van der Waals surface area contributed by atoms with Crippen LogP contribution in [0.4, 0.5) is 5.69 Å². The fourth-order valence-corrected chi connectivity index (χ4v) is 2.20. The summed E-state index contributed by atoms with van der Waals surface area (Å²) >= 11 is 0. The molecule has 3 heteroatoms. The number of benzene rings is 2. The largest absolute Gasteiger partial charge is 0.288 e. The van der Waals surface area contributed by atoms with Gasteiger partial charge in [0.05, 0.1) is 11.3 Å². The summed E-state index contributed by atoms with van der Waals surface area (Å²) < 4.78 is 0. The first-order valence-corrected chi connectivity index (χ1v) is 5.18. The Morgan fingerprint density at radius 2 is 1.59 bits per heavy atom. The highest BCUT2D eigenvalue weighted by Crippen LogP contribution is 2.40. The highest BCUT2D eigenvalue weighted by molar-refractivity contribution is 6.24. The van der Waals surface area contributed by atoms with Crippen molar-refractivity contribution in [1.29, 1.82) is 0 Å². The maximum absolute atomic E-state index is 12.2. The molecular formula is C14H7NO2. The Hall–Kier alpha value is -2.51. The van der Waals surface area contributed by atoms with Gasteiger partial charge >= 0.3 is 0 Å². The Morgan fingerprint density at radius 1 is 0.882 bits per heavy atom. The van der Waals surface area contributed by atoms with Crippen LogP contribution in [0, 0.1) is 0 Å². The van der Waals surface area contributed by atoms with Crippen LogP contribution in [0.15, 0.2) is 47.5 Å². The molecule has 2 aromatic carbocycles. The van der Waals surface area contributed by atoms with Crippen LogP contribution in [-0.4, -0.2) is 11.9 Å². The van der Waals surface area contributed by atoms with E-state index in [1.54, 1.807) is 18.2 Å². The monoisotopic (exact) mass is 221 g/mol. The molecule has 1 aliphatic carbocycles. The lowest BCUT2D eigenvalue weighted by Gasteiger charge is -2.00. The van der Waals surface area contributed by atoms with Gasteiger partial charge in [0.2, 0.25) is 6.08 Å². The number of aliphatic imine (C=N–C) groups is 1. The van der Waals surface area contributed by atoms with E-state index in [9.17, 15) is 9.59 Å². The highest BCUT2D eigenvalue weighted by Gasteiger charge is 2.28. The number of hydrogen-bond acceptors (Lipinski definition) is 3. The topological polar surface area (TPSA) is 46.5 Å². The van der Waals surface area contributed by atoms with Crippen LogP contribution in [0.5, 0.6) is 0 Å². The first kappa shape index (κ1) is 9.70. The second-order valence-corrected chi connectivity index (χ2v) is 3.78. The summed E-state index contributed by atoms with van der Waals surface area (Å²) in [6.45, 7) is 0. The highest BCUT2D eigenvalue weighted by atomic mass is 16.1. The number of carbonyl (C=O) groups excluding carboxylic acids is 2. The molecule has 0 spiro atoms. The number of hydrogen-bond donors (Lipinski definition) is 0. The SMILES string of the molecule is O=C=Nc1cccc2c1C(=O)c1ccccc1-2. The number of nitrogens with zero attached hydrogens (tertiary/aromatic N) is 1. The van der Waals surface area contributed by atoms with E-state index in [1.165, 1.54) is 6.08 Å². The zero-order valence-corrected chi connectivity index (χ0v) is 8.81. The van der Waals surface area contributed by atoms with Crippen molar-refractivity contribution in [3.8, 4) is 11.1 Å². The van der Waals surface area contributed by atoms with E-state index in [0.29, 0.717) is 16.8 Å². The van der Waals surface area contributed by atoms with Crippen molar-refractivity contribution in [2.45, 2.75) is 0 Å². The fourth-order valence-electron chi connectivity index (χ4n) is 2.20. The fraction of sp³-hybridized carbons (Fsp3) is 0. The summed E-state index contributed by atoms with van der Waals surface area (Å²) in [5, 5.41) is 0. The molecule has 3 nitrogen and oxygen atoms in total. The van der Waals surface area contributed by atoms with Crippen molar-refractivity contribution in [1.82, 2.24) is 0 Å². The van der Waals surface area contributed by atoms with Crippen molar-refractivity contribution >= 4 is 17.6 Å². The van der Waals surface area contributed by atoms with Gasteiger partial charge in [-0.3, -0.25) is 4.79 Å². The molecule has 0 unspecified atom stereocenters. The second-order valence-electron chi connectivity index (χ2n) is 3.78. The van der Waals surface area contributed by atoms with E-state index in [4.69, 9.17) is 0 Å². The van der Waals surface area contributed by atoms with Gasteiger partial charge in [-0.15, -0.1) is 0 Å². The van der Waals surface area contributed by atoms with E-state index >= 15 is 0 Å². The Balaban J connectivity index is 2.38. The normalized spacial score (nSPS) is 11.6. The van der Waals surface area contributed by atoms with Gasteiger partial charge in [-0.1, -0.05) is 36.4 Å². The summed E-state index contributed by atoms with van der Waals surface area (Å²) in [5.41, 5.74) is 3.28. The standard InChI is InChI=1S/C14H7NO2/c16-8-15-12-7-3-6-10-9-4-1-2-5-11(9)14(17)13(10)12/h1-7H. The number of ketones is 1. The first-order chi connectivity index (χ1) is 8.33. The van der Waals surface area contributed by atoms with Gasteiger partial charge < -0.3 is 0 Å². The van der Waals surface area contributed by atoms with E-state index < -0.39 is 0 Å². The predicted molar refractivity (Wildman–Crippen MR) is 63.1 cm³/mol. The average molecular weight is 221 g/mol. The molecular weight excluding hydrogens is 214 g/mol. The molecule has 80 valence electrons. The molecule has 0 heterocycles. The molecule has 3 rings (SSSR count). The van der Waals surface area contributed by atoms with Crippen molar-refractivity contribution < 1.29 is 9.59 Å². The molecule has 2 aromatic rings. The molecule has 0 saturated carbocycles. The molecule has 0 aliphatic heterocycles. The van der Waals surface area contributed by atoms with Crippen molar-refractivity contribution in [2.75, 3.05) is 0 Å². The van der Waals surface area contributed by atoms with Gasteiger partial charge in [-0.05, 0) is 17.2 Å². The Labute approximate surface area is 97.4 Å². The molecule has 0 bridgehead atoms. The van der Waals surface area contributed by atoms with Crippen molar-refractivity contribution in [2.24, 2.45) is 4.99 Å². The van der Waals surface area contributed by atoms with Gasteiger partial charge in [-0.25, -0.2) is 4.79 Å². The van der Waals surface area contributed by atoms with Gasteiger partial charge in [0, 0.05) is 5.56 Å². The molecule has 0 saturated heterocycles. The molecule has 0 atom stereocenters. The van der Waals surface area contributed by atoms with Crippen LogP contribution in [-0.2, 0) is 4.79 Å². The van der Waals surface area contributed by atoms with Crippen LogP contribution in [0.2, 0.25) is 0 Å². The average Bonchev–Trinajstić information content (AvgIpc) is 2.66. The lowest BCUT2D eigenvalue weighted by Crippen LogP contribution is -1.95. The number of carbonyl (C=O) groups is 1. The smallest absolute Gasteiger partial charge is 0.240 e. The van der Waals surface area contributed by atoms with Crippen LogP contribution >= 0.6 is 0 Å². The molecule has 0 N–H and O–H groups in total. The van der Waals surface area contributed by atoms with Crippen LogP contribution in [0.3, 0.4) is 0 Å². The minimum atomic E-state index is -0.0785. The zero-order valence-electron chi connectivity index (χ0n) is 8.81. The Bertz CT molecular complexity index is 682. The second kappa shape index (κ2) is 3.51. The third-order valence-electron chi connectivity index (χ3n) is 2.90. The molecule has 0 radical (unpaired) electrons. The van der Waals surface area contributed by atoms with E-state index in [2.05, 4.69) is 4.99 Å². The zero-order chi connectivity index (χ0) is 11.8. The lowest BCUT2D eigenvalue weighted by molar-refractivity contribution is 0.104. The predicted octanol–water partition coefficient (Wildman–Crippen LogP) is 2.87. The third-order valence-corrected chi connectivity index (χ3v) is 2.90. The van der Waals surface area contributed by atoms with Crippen molar-refractivity contribution in [3.05, 3.63) is 53.6 Å². The Kier molecular flexibility index (Phi) is 2.00. The maximum Gasteiger partial charge on any atom is 0.240 e. The molecule has 1 aliphatic rings. The minimum absolute atomic E-state index is 0.0785. The summed E-state index contributed by atoms with van der Waals surface area (Å²) in [6, 6.07) is 12.7. The van der Waals surface area contributed by atoms with Gasteiger partial charge in [0.15, 0.2) is 5.78 Å². The van der Waals surface area contributed by atoms with E-state index in [-0.39, 0.29) is 5.78 Å². The summed E-state index contributed by atoms with van der Waals surface area (Å²) in [6.07, 6.45) is 1.48. The first-order valence-electron chi connectivity index (χ1n) is 5.18. The minimum Gasteiger partial charge on any atom is -0.288 e. The Morgan fingerprint density at radius 3 is 2.35 bits per heavy atom. The summed E-state index contributed by atoms with van der Waals surface area (Å²) in [5.74, 6) is -0.0785. The van der Waals surface area contributed by atoms with Gasteiger partial charge in [-0.2, -0.15) is 4.99 Å². The maximum atomic E-state index is 12.2. The van der Waals surface area contributed by atoms with Crippen molar-refractivity contribution in [3.63, 3.8) is 0 Å². The van der Waals surface area contributed by atoms with Crippen LogP contribution < -0.4 is 0 Å². The van der Waals surface area contributed by atoms with Crippen LogP contribution in [0.25, 0.3) is 11.1 Å². The van der Waals surface area contributed by atoms with E-state index in [1.807, 2.05) is 24.3 Å². The molecule has 0 amide bonds. The van der Waals surface area contributed by atoms with Gasteiger partial charge in [0.1, 0.15) is 0 Å². The quantitative estimate of drug-likeness (QED) is 0.468. The number of fused-ring (bicyclic) bond motifs is 3. The summed E-state index contributed by atoms with van der Waals surface area (Å²) in [4.78, 5) is 26.1. The molecule has 0 fully saturated rings. The number of isocyanates is 1. The number of rotatable bonds is 1. The third kappa shape index (κ3) is 1.27. The van der Waals surface area contributed by atoms with E-state index in [0.717, 1.165) is 11.1 Å². The van der Waals surface area contributed by atoms with Gasteiger partial charge in [0.25, 0.3) is 0 Å². The molecule has 0 aromatic heterocycles. The lowest BCUT2D eigenvalue weighted by atomic mass is 10.1. The summed E-state index contributed by atoms with van der Waals surface area (Å²) in [7, 11) is 0. The molecule has 17 heavy (non-hydrogen) atoms. The van der Waals surface area contributed by atoms with Crippen LogP contribution in [0.1, 0.15) is 15.9 Å².